The van der Waals surface area contributed by atoms with Crippen LogP contribution in [0.25, 0.3) is 32.8 Å². The molecule has 1 aromatic heterocycles. The van der Waals surface area contributed by atoms with Gasteiger partial charge in [0.05, 0.1) is 10.9 Å². The van der Waals surface area contributed by atoms with Crippen LogP contribution in [0.5, 0.6) is 0 Å². The van der Waals surface area contributed by atoms with Gasteiger partial charge < -0.3 is 0 Å². The molecule has 0 spiro atoms. The normalized spacial score (nSPS) is 12.6. The Labute approximate surface area is 187 Å². The van der Waals surface area contributed by atoms with E-state index in [1.54, 1.807) is 0 Å². The van der Waals surface area contributed by atoms with Crippen LogP contribution in [0.3, 0.4) is 0 Å². The number of fused-ring (bicyclic) bond motifs is 2. The third kappa shape index (κ3) is 4.11. The largest absolute Gasteiger partial charge is 0.220 e. The second-order valence-corrected chi connectivity index (χ2v) is 11.3. The van der Waals surface area contributed by atoms with Gasteiger partial charge in [0, 0.05) is 6.07 Å². The van der Waals surface area contributed by atoms with E-state index in [0.717, 1.165) is 6.42 Å². The van der Waals surface area contributed by atoms with E-state index in [-0.39, 0.29) is 10.8 Å². The molecule has 0 aliphatic rings. The van der Waals surface area contributed by atoms with Gasteiger partial charge in [-0.2, -0.15) is 0 Å². The summed E-state index contributed by atoms with van der Waals surface area (Å²) in [5.41, 5.74) is 7.16. The average molecular weight is 411 g/mol. The Balaban J connectivity index is 2.03. The Kier molecular flexibility index (Phi) is 5.20. The number of rotatable bonds is 2. The Bertz CT molecular complexity index is 1280. The first-order valence-electron chi connectivity index (χ1n) is 11.4. The summed E-state index contributed by atoms with van der Waals surface area (Å²) in [5.74, 6) is 0. The molecular weight excluding hydrogens is 374 g/mol. The summed E-state index contributed by atoms with van der Waals surface area (Å²) >= 11 is 0. The SMILES string of the molecule is Cc1c(-c2c3ccc(CC(C)(C)C)cc3cc[n+]2C)cc(C(C)(C)C)c2ccccc12. The summed E-state index contributed by atoms with van der Waals surface area (Å²) in [6.45, 7) is 16.1. The van der Waals surface area contributed by atoms with Crippen molar-refractivity contribution in [3.8, 4) is 11.3 Å². The molecule has 4 aromatic rings. The van der Waals surface area contributed by atoms with Crippen molar-refractivity contribution in [3.05, 3.63) is 77.5 Å². The number of hydrogen-bond donors (Lipinski definition) is 0. The highest BCUT2D eigenvalue weighted by Gasteiger charge is 2.24. The lowest BCUT2D eigenvalue weighted by Crippen LogP contribution is -2.31. The van der Waals surface area contributed by atoms with Crippen molar-refractivity contribution in [2.24, 2.45) is 12.5 Å². The van der Waals surface area contributed by atoms with Crippen LogP contribution in [0.2, 0.25) is 0 Å². The molecule has 160 valence electrons. The van der Waals surface area contributed by atoms with E-state index in [2.05, 4.69) is 121 Å². The molecular formula is C30H36N+. The number of hydrogen-bond acceptors (Lipinski definition) is 0. The first-order chi connectivity index (χ1) is 14.5. The van der Waals surface area contributed by atoms with Crippen molar-refractivity contribution >= 4 is 21.5 Å². The summed E-state index contributed by atoms with van der Waals surface area (Å²) in [5, 5.41) is 5.36. The first-order valence-corrected chi connectivity index (χ1v) is 11.4. The van der Waals surface area contributed by atoms with Gasteiger partial charge in [-0.3, -0.25) is 0 Å². The van der Waals surface area contributed by atoms with Crippen LogP contribution in [-0.2, 0) is 18.9 Å². The molecule has 0 bridgehead atoms. The predicted octanol–water partition coefficient (Wildman–Crippen LogP) is 7.68. The second-order valence-electron chi connectivity index (χ2n) is 11.3. The monoisotopic (exact) mass is 410 g/mol. The van der Waals surface area contributed by atoms with E-state index < -0.39 is 0 Å². The molecule has 0 atom stereocenters. The summed E-state index contributed by atoms with van der Waals surface area (Å²) < 4.78 is 2.29. The van der Waals surface area contributed by atoms with Gasteiger partial charge in [-0.25, -0.2) is 4.57 Å². The van der Waals surface area contributed by atoms with Crippen molar-refractivity contribution in [1.82, 2.24) is 0 Å². The molecule has 1 heteroatoms. The molecule has 4 rings (SSSR count). The molecule has 0 fully saturated rings. The van der Waals surface area contributed by atoms with Crippen LogP contribution >= 0.6 is 0 Å². The van der Waals surface area contributed by atoms with E-state index in [9.17, 15) is 0 Å². The average Bonchev–Trinajstić information content (AvgIpc) is 2.67. The molecule has 0 unspecified atom stereocenters. The summed E-state index contributed by atoms with van der Waals surface area (Å²) in [6, 6.07) is 20.6. The molecule has 1 heterocycles. The number of nitrogens with zero attached hydrogens (tertiary/aromatic N) is 1. The predicted molar refractivity (Wildman–Crippen MR) is 135 cm³/mol. The molecule has 0 aliphatic heterocycles. The van der Waals surface area contributed by atoms with Crippen LogP contribution in [0, 0.1) is 12.3 Å². The van der Waals surface area contributed by atoms with E-state index in [0.29, 0.717) is 0 Å². The van der Waals surface area contributed by atoms with Crippen molar-refractivity contribution in [3.63, 3.8) is 0 Å². The zero-order chi connectivity index (χ0) is 22.6. The Morgan fingerprint density at radius 3 is 2.10 bits per heavy atom. The van der Waals surface area contributed by atoms with E-state index in [1.807, 2.05) is 0 Å². The van der Waals surface area contributed by atoms with Gasteiger partial charge >= 0.3 is 0 Å². The maximum Gasteiger partial charge on any atom is 0.220 e. The zero-order valence-corrected chi connectivity index (χ0v) is 20.4. The number of pyridine rings is 1. The van der Waals surface area contributed by atoms with Gasteiger partial charge in [-0.1, -0.05) is 77.9 Å². The third-order valence-corrected chi connectivity index (χ3v) is 6.31. The molecule has 0 saturated carbocycles. The van der Waals surface area contributed by atoms with Gasteiger partial charge in [0.15, 0.2) is 6.20 Å². The molecule has 31 heavy (non-hydrogen) atoms. The number of benzene rings is 3. The highest BCUT2D eigenvalue weighted by molar-refractivity contribution is 5.99. The van der Waals surface area contributed by atoms with E-state index >= 15 is 0 Å². The quantitative estimate of drug-likeness (QED) is 0.298. The Morgan fingerprint density at radius 1 is 0.774 bits per heavy atom. The Hall–Kier alpha value is -2.67. The second kappa shape index (κ2) is 7.48. The van der Waals surface area contributed by atoms with Crippen LogP contribution in [0.15, 0.2) is 60.8 Å². The molecule has 1 nitrogen and oxygen atoms in total. The van der Waals surface area contributed by atoms with E-state index in [4.69, 9.17) is 0 Å². The topological polar surface area (TPSA) is 3.88 Å². The summed E-state index contributed by atoms with van der Waals surface area (Å²) in [7, 11) is 2.17. The lowest BCUT2D eigenvalue weighted by Gasteiger charge is -2.24. The van der Waals surface area contributed by atoms with Crippen molar-refractivity contribution in [2.75, 3.05) is 0 Å². The van der Waals surface area contributed by atoms with Gasteiger partial charge in [0.2, 0.25) is 5.69 Å². The summed E-state index contributed by atoms with van der Waals surface area (Å²) in [4.78, 5) is 0. The first kappa shape index (κ1) is 21.6. The molecule has 3 aromatic carbocycles. The van der Waals surface area contributed by atoms with Crippen molar-refractivity contribution in [2.45, 2.75) is 60.3 Å². The number of aryl methyl sites for hydroxylation is 2. The number of aromatic nitrogens is 1. The van der Waals surface area contributed by atoms with Crippen LogP contribution in [0.1, 0.15) is 58.2 Å². The van der Waals surface area contributed by atoms with E-state index in [1.165, 1.54) is 49.5 Å². The molecule has 0 N–H and O–H groups in total. The highest BCUT2D eigenvalue weighted by atomic mass is 14.9. The Morgan fingerprint density at radius 2 is 1.45 bits per heavy atom. The van der Waals surface area contributed by atoms with Gasteiger partial charge in [-0.15, -0.1) is 0 Å². The highest BCUT2D eigenvalue weighted by Crippen LogP contribution is 2.39. The van der Waals surface area contributed by atoms with Crippen LogP contribution in [0.4, 0.5) is 0 Å². The van der Waals surface area contributed by atoms with Gasteiger partial charge in [-0.05, 0) is 69.2 Å². The molecule has 0 radical (unpaired) electrons. The fourth-order valence-electron chi connectivity index (χ4n) is 4.87. The maximum absolute atomic E-state index is 2.44. The third-order valence-electron chi connectivity index (χ3n) is 6.31. The standard InChI is InChI=1S/C30H36N/c1-20-23-11-9-10-12-25(23)27(30(5,6)7)18-26(20)28-24-14-13-21(19-29(2,3)4)17-22(24)15-16-31(28)8/h9-18H,19H2,1-8H3/q+1. The minimum absolute atomic E-state index is 0.0745. The fourth-order valence-corrected chi connectivity index (χ4v) is 4.87. The van der Waals surface area contributed by atoms with Gasteiger partial charge in [0.25, 0.3) is 0 Å². The lowest BCUT2D eigenvalue weighted by atomic mass is 9.80. The molecule has 0 saturated heterocycles. The zero-order valence-electron chi connectivity index (χ0n) is 20.4. The smallest absolute Gasteiger partial charge is 0.200 e. The van der Waals surface area contributed by atoms with Crippen molar-refractivity contribution in [1.29, 1.82) is 0 Å². The maximum atomic E-state index is 2.44. The minimum Gasteiger partial charge on any atom is -0.200 e. The fraction of sp³-hybridized carbons (Fsp3) is 0.367. The minimum atomic E-state index is 0.0745. The van der Waals surface area contributed by atoms with Crippen LogP contribution < -0.4 is 4.57 Å². The van der Waals surface area contributed by atoms with Crippen molar-refractivity contribution < 1.29 is 4.57 Å². The van der Waals surface area contributed by atoms with Crippen LogP contribution in [-0.4, -0.2) is 0 Å². The summed E-state index contributed by atoms with van der Waals surface area (Å²) in [6.07, 6.45) is 3.30. The van der Waals surface area contributed by atoms with Gasteiger partial charge in [0.1, 0.15) is 7.05 Å². The lowest BCUT2D eigenvalue weighted by molar-refractivity contribution is -0.659. The molecule has 0 amide bonds. The molecule has 0 aliphatic carbocycles.